The topological polar surface area (TPSA) is 73.6 Å². The molecule has 9 heteroatoms. The van der Waals surface area contributed by atoms with Crippen LogP contribution in [0.1, 0.15) is 24.0 Å². The van der Waals surface area contributed by atoms with Gasteiger partial charge in [0.1, 0.15) is 11.9 Å². The summed E-state index contributed by atoms with van der Waals surface area (Å²) in [7, 11) is 0. The second-order valence-corrected chi connectivity index (χ2v) is 6.34. The van der Waals surface area contributed by atoms with E-state index < -0.39 is 41.2 Å². The summed E-state index contributed by atoms with van der Waals surface area (Å²) in [5.74, 6) is -1.33. The molecule has 1 amide bonds. The van der Waals surface area contributed by atoms with Gasteiger partial charge in [-0.15, -0.1) is 0 Å². The van der Waals surface area contributed by atoms with Crippen molar-refractivity contribution in [2.45, 2.75) is 36.6 Å². The maximum absolute atomic E-state index is 13.6. The molecule has 138 valence electrons. The van der Waals surface area contributed by atoms with Crippen molar-refractivity contribution >= 4 is 6.09 Å². The van der Waals surface area contributed by atoms with Gasteiger partial charge in [0.2, 0.25) is 0 Å². The van der Waals surface area contributed by atoms with Gasteiger partial charge in [0.15, 0.2) is 0 Å². The summed E-state index contributed by atoms with van der Waals surface area (Å²) >= 11 is 0. The van der Waals surface area contributed by atoms with Crippen LogP contribution in [0.3, 0.4) is 0 Å². The third-order valence-corrected chi connectivity index (χ3v) is 4.74. The van der Waals surface area contributed by atoms with E-state index in [4.69, 9.17) is 15.2 Å². The maximum atomic E-state index is 13.6. The Bertz CT molecular complexity index is 655. The molecule has 2 aliphatic rings. The molecule has 1 aliphatic heterocycles. The standard InChI is InChI=1S/C16H18F4N2O3/c17-11-2-1-9(7-10(11)16(18,19)20)15(3-4-15)13(25-14(21)23)12-8-24-6-5-22-12/h1-2,7,12-13,22H,3-6,8H2,(H2,21,23)/t12-,13+/m0/s1. The summed E-state index contributed by atoms with van der Waals surface area (Å²) in [6.45, 7) is 1.26. The molecule has 1 aromatic rings. The highest BCUT2D eigenvalue weighted by Crippen LogP contribution is 2.54. The number of hydrogen-bond donors (Lipinski definition) is 2. The van der Waals surface area contributed by atoms with Crippen molar-refractivity contribution in [2.75, 3.05) is 19.8 Å². The highest BCUT2D eigenvalue weighted by molar-refractivity contribution is 5.65. The molecule has 2 atom stereocenters. The van der Waals surface area contributed by atoms with E-state index in [0.29, 0.717) is 26.0 Å². The minimum atomic E-state index is -4.80. The summed E-state index contributed by atoms with van der Waals surface area (Å²) < 4.78 is 63.3. The molecule has 1 saturated carbocycles. The van der Waals surface area contributed by atoms with E-state index >= 15 is 0 Å². The Morgan fingerprint density at radius 3 is 2.64 bits per heavy atom. The van der Waals surface area contributed by atoms with E-state index in [9.17, 15) is 22.4 Å². The van der Waals surface area contributed by atoms with E-state index in [0.717, 1.165) is 12.1 Å². The Balaban J connectivity index is 1.97. The Morgan fingerprint density at radius 2 is 2.12 bits per heavy atom. The molecule has 0 unspecified atom stereocenters. The van der Waals surface area contributed by atoms with Crippen LogP contribution >= 0.6 is 0 Å². The van der Waals surface area contributed by atoms with E-state index in [-0.39, 0.29) is 12.2 Å². The first-order valence-electron chi connectivity index (χ1n) is 7.88. The van der Waals surface area contributed by atoms with Crippen molar-refractivity contribution in [1.29, 1.82) is 0 Å². The summed E-state index contributed by atoms with van der Waals surface area (Å²) in [4.78, 5) is 11.3. The second-order valence-electron chi connectivity index (χ2n) is 6.34. The van der Waals surface area contributed by atoms with Crippen molar-refractivity contribution in [3.63, 3.8) is 0 Å². The van der Waals surface area contributed by atoms with Gasteiger partial charge in [-0.05, 0) is 30.5 Å². The van der Waals surface area contributed by atoms with Gasteiger partial charge < -0.3 is 20.5 Å². The molecule has 2 fully saturated rings. The fraction of sp³-hybridized carbons (Fsp3) is 0.562. The smallest absolute Gasteiger partial charge is 0.419 e. The number of primary amides is 1. The molecule has 1 saturated heterocycles. The molecular weight excluding hydrogens is 344 g/mol. The number of alkyl halides is 3. The number of carbonyl (C=O) groups excluding carboxylic acids is 1. The highest BCUT2D eigenvalue weighted by Gasteiger charge is 2.56. The first-order chi connectivity index (χ1) is 11.7. The normalized spacial score (nSPS) is 23.8. The third kappa shape index (κ3) is 3.57. The Hall–Kier alpha value is -1.87. The summed E-state index contributed by atoms with van der Waals surface area (Å²) in [5, 5.41) is 3.14. The van der Waals surface area contributed by atoms with E-state index in [1.807, 2.05) is 0 Å². The summed E-state index contributed by atoms with van der Waals surface area (Å²) in [6, 6.07) is 2.50. The van der Waals surface area contributed by atoms with Crippen molar-refractivity contribution in [2.24, 2.45) is 5.73 Å². The lowest BCUT2D eigenvalue weighted by molar-refractivity contribution is -0.140. The fourth-order valence-corrected chi connectivity index (χ4v) is 3.41. The zero-order valence-electron chi connectivity index (χ0n) is 13.2. The van der Waals surface area contributed by atoms with Crippen molar-refractivity contribution in [1.82, 2.24) is 5.32 Å². The predicted octanol–water partition coefficient (Wildman–Crippen LogP) is 2.33. The molecule has 1 aliphatic carbocycles. The van der Waals surface area contributed by atoms with Crippen LogP contribution in [-0.2, 0) is 21.1 Å². The minimum Gasteiger partial charge on any atom is -0.444 e. The number of hydrogen-bond acceptors (Lipinski definition) is 4. The molecule has 25 heavy (non-hydrogen) atoms. The lowest BCUT2D eigenvalue weighted by Crippen LogP contribution is -2.55. The average Bonchev–Trinajstić information content (AvgIpc) is 3.34. The number of morpholine rings is 1. The van der Waals surface area contributed by atoms with Crippen LogP contribution in [0.2, 0.25) is 0 Å². The molecule has 0 radical (unpaired) electrons. The largest absolute Gasteiger partial charge is 0.444 e. The van der Waals surface area contributed by atoms with Gasteiger partial charge in [-0.3, -0.25) is 0 Å². The van der Waals surface area contributed by atoms with Crippen molar-refractivity contribution in [3.8, 4) is 0 Å². The molecular formula is C16H18F4N2O3. The highest BCUT2D eigenvalue weighted by atomic mass is 19.4. The van der Waals surface area contributed by atoms with Crippen molar-refractivity contribution < 1.29 is 31.8 Å². The van der Waals surface area contributed by atoms with E-state index in [1.165, 1.54) is 6.07 Å². The minimum absolute atomic E-state index is 0.243. The van der Waals surface area contributed by atoms with Gasteiger partial charge >= 0.3 is 12.3 Å². The van der Waals surface area contributed by atoms with Gasteiger partial charge in [-0.2, -0.15) is 13.2 Å². The third-order valence-electron chi connectivity index (χ3n) is 4.74. The lowest BCUT2D eigenvalue weighted by Gasteiger charge is -2.36. The fourth-order valence-electron chi connectivity index (χ4n) is 3.41. The van der Waals surface area contributed by atoms with Crippen LogP contribution in [-0.4, -0.2) is 38.0 Å². The number of nitrogens with one attached hydrogen (secondary N) is 1. The molecule has 0 bridgehead atoms. The average molecular weight is 362 g/mol. The number of halogens is 4. The number of rotatable bonds is 4. The maximum Gasteiger partial charge on any atom is 0.419 e. The van der Waals surface area contributed by atoms with Gasteiger partial charge in [0.05, 0.1) is 24.8 Å². The van der Waals surface area contributed by atoms with Gasteiger partial charge in [0.25, 0.3) is 0 Å². The van der Waals surface area contributed by atoms with Gasteiger partial charge in [0, 0.05) is 12.0 Å². The molecule has 1 aromatic carbocycles. The van der Waals surface area contributed by atoms with Gasteiger partial charge in [-0.25, -0.2) is 9.18 Å². The first kappa shape index (κ1) is 17.9. The van der Waals surface area contributed by atoms with Gasteiger partial charge in [-0.1, -0.05) is 6.07 Å². The van der Waals surface area contributed by atoms with Crippen molar-refractivity contribution in [3.05, 3.63) is 35.1 Å². The predicted molar refractivity (Wildman–Crippen MR) is 79.4 cm³/mol. The second kappa shape index (κ2) is 6.45. The number of nitrogens with two attached hydrogens (primary N) is 1. The van der Waals surface area contributed by atoms with Crippen LogP contribution < -0.4 is 11.1 Å². The molecule has 3 N–H and O–H groups in total. The van der Waals surface area contributed by atoms with Crippen LogP contribution in [0.5, 0.6) is 0 Å². The summed E-state index contributed by atoms with van der Waals surface area (Å²) in [6.07, 6.45) is -5.60. The first-order valence-corrected chi connectivity index (χ1v) is 7.88. The quantitative estimate of drug-likeness (QED) is 0.807. The Labute approximate surface area is 141 Å². The van der Waals surface area contributed by atoms with E-state index in [1.54, 1.807) is 0 Å². The number of carbonyl (C=O) groups is 1. The Kier molecular flexibility index (Phi) is 4.63. The lowest BCUT2D eigenvalue weighted by atomic mass is 9.84. The summed E-state index contributed by atoms with van der Waals surface area (Å²) in [5.41, 5.74) is 3.27. The van der Waals surface area contributed by atoms with E-state index in [2.05, 4.69) is 5.32 Å². The van der Waals surface area contributed by atoms with Crippen LogP contribution in [0.4, 0.5) is 22.4 Å². The SMILES string of the molecule is NC(=O)O[C@H]([C@@H]1COCCN1)C1(c2ccc(F)c(C(F)(F)F)c2)CC1. The molecule has 5 nitrogen and oxygen atoms in total. The number of ether oxygens (including phenoxy) is 2. The molecule has 0 aromatic heterocycles. The molecule has 3 rings (SSSR count). The van der Waals surface area contributed by atoms with Crippen LogP contribution in [0, 0.1) is 5.82 Å². The number of benzene rings is 1. The van der Waals surface area contributed by atoms with Crippen LogP contribution in [0.15, 0.2) is 18.2 Å². The molecule has 1 heterocycles. The Morgan fingerprint density at radius 1 is 1.40 bits per heavy atom. The zero-order valence-corrected chi connectivity index (χ0v) is 13.2. The monoisotopic (exact) mass is 362 g/mol. The molecule has 0 spiro atoms. The zero-order chi connectivity index (χ0) is 18.2. The number of amides is 1. The van der Waals surface area contributed by atoms with Crippen LogP contribution in [0.25, 0.3) is 0 Å².